The lowest BCUT2D eigenvalue weighted by Crippen LogP contribution is -2.48. The number of sulfonamides is 1. The molecule has 176 valence electrons. The fraction of sp³-hybridized carbons (Fsp3) is 0.462. The third-order valence-corrected chi connectivity index (χ3v) is 9.49. The van der Waals surface area contributed by atoms with Gasteiger partial charge in [0.15, 0.2) is 0 Å². The van der Waals surface area contributed by atoms with Gasteiger partial charge in [-0.15, -0.1) is 0 Å². The van der Waals surface area contributed by atoms with E-state index in [2.05, 4.69) is 29.2 Å². The summed E-state index contributed by atoms with van der Waals surface area (Å²) in [6.07, 6.45) is 7.63. The molecule has 0 unspecified atom stereocenters. The lowest BCUT2D eigenvalue weighted by molar-refractivity contribution is 0.193. The molecule has 33 heavy (non-hydrogen) atoms. The summed E-state index contributed by atoms with van der Waals surface area (Å²) in [5.41, 5.74) is 4.59. The summed E-state index contributed by atoms with van der Waals surface area (Å²) in [6.45, 7) is 0.433. The zero-order valence-electron chi connectivity index (χ0n) is 19.3. The van der Waals surface area contributed by atoms with Gasteiger partial charge in [0.05, 0.1) is 30.7 Å². The van der Waals surface area contributed by atoms with Crippen LogP contribution in [0.25, 0.3) is 5.57 Å². The van der Waals surface area contributed by atoms with Crippen molar-refractivity contribution in [3.63, 3.8) is 0 Å². The number of aliphatic hydroxyl groups excluding tert-OH is 1. The number of likely N-dealkylation sites (N-methyl/N-ethyl adjacent to an activating group) is 1. The molecule has 0 saturated carbocycles. The number of aliphatic hydroxyl groups is 1. The maximum Gasteiger partial charge on any atom is 0.243 e. The maximum absolute atomic E-state index is 13.8. The second-order valence-corrected chi connectivity index (χ2v) is 11.2. The second kappa shape index (κ2) is 8.78. The summed E-state index contributed by atoms with van der Waals surface area (Å²) in [5.74, 6) is 0.554. The van der Waals surface area contributed by atoms with E-state index in [4.69, 9.17) is 4.74 Å². The highest BCUT2D eigenvalue weighted by atomic mass is 32.2. The average molecular weight is 469 g/mol. The Bertz CT molecular complexity index is 1180. The van der Waals surface area contributed by atoms with Crippen LogP contribution in [0.5, 0.6) is 5.75 Å². The average Bonchev–Trinajstić information content (AvgIpc) is 3.31. The standard InChI is InChI=1S/C26H32N2O4S/c1-27-24-12-11-19(18-7-4-3-5-8-18)15-23(24)26-22(25(27)17-29)13-14-28(26)33(30,31)21-10-6-9-20(16-21)32-2/h6-7,9-12,15-16,22,25-26,29H,3-5,8,13-14,17H2,1-2H3/t22-,25-,26-/m0/s1. The molecule has 0 spiro atoms. The second-order valence-electron chi connectivity index (χ2n) is 9.30. The van der Waals surface area contributed by atoms with Crippen molar-refractivity contribution in [2.45, 2.75) is 49.1 Å². The molecule has 0 aromatic heterocycles. The fourth-order valence-electron chi connectivity index (χ4n) is 5.88. The summed E-state index contributed by atoms with van der Waals surface area (Å²) in [4.78, 5) is 2.38. The summed E-state index contributed by atoms with van der Waals surface area (Å²) in [6, 6.07) is 12.7. The zero-order chi connectivity index (χ0) is 23.2. The van der Waals surface area contributed by atoms with Crippen LogP contribution in [-0.2, 0) is 10.0 Å². The van der Waals surface area contributed by atoms with Gasteiger partial charge in [-0.3, -0.25) is 0 Å². The Morgan fingerprint density at radius 2 is 2.00 bits per heavy atom. The van der Waals surface area contributed by atoms with E-state index in [1.807, 2.05) is 7.05 Å². The number of fused-ring (bicyclic) bond motifs is 3. The van der Waals surface area contributed by atoms with E-state index in [9.17, 15) is 13.5 Å². The first-order valence-corrected chi connectivity index (χ1v) is 13.2. The molecule has 2 heterocycles. The van der Waals surface area contributed by atoms with Gasteiger partial charge in [0, 0.05) is 31.3 Å². The number of hydrogen-bond donors (Lipinski definition) is 1. The van der Waals surface area contributed by atoms with E-state index in [1.54, 1.807) is 28.6 Å². The Balaban J connectivity index is 1.61. The lowest BCUT2D eigenvalue weighted by atomic mass is 9.81. The van der Waals surface area contributed by atoms with Crippen LogP contribution < -0.4 is 9.64 Å². The van der Waals surface area contributed by atoms with E-state index >= 15 is 0 Å². The predicted octanol–water partition coefficient (Wildman–Crippen LogP) is 4.22. The van der Waals surface area contributed by atoms with E-state index < -0.39 is 10.0 Å². The molecule has 2 aliphatic heterocycles. The van der Waals surface area contributed by atoms with Crippen LogP contribution in [0, 0.1) is 5.92 Å². The molecule has 1 N–H and O–H groups in total. The summed E-state index contributed by atoms with van der Waals surface area (Å²) in [7, 11) is -0.184. The molecule has 5 rings (SSSR count). The van der Waals surface area contributed by atoms with E-state index in [1.165, 1.54) is 31.1 Å². The van der Waals surface area contributed by atoms with E-state index in [0.717, 1.165) is 30.5 Å². The quantitative estimate of drug-likeness (QED) is 0.712. The smallest absolute Gasteiger partial charge is 0.243 e. The van der Waals surface area contributed by atoms with Gasteiger partial charge in [-0.05, 0) is 73.1 Å². The van der Waals surface area contributed by atoms with Crippen LogP contribution in [0.2, 0.25) is 0 Å². The van der Waals surface area contributed by atoms with Crippen molar-refractivity contribution in [1.82, 2.24) is 4.31 Å². The van der Waals surface area contributed by atoms with Crippen LogP contribution in [0.3, 0.4) is 0 Å². The van der Waals surface area contributed by atoms with Gasteiger partial charge in [0.2, 0.25) is 10.0 Å². The molecule has 1 aliphatic carbocycles. The van der Waals surface area contributed by atoms with Crippen LogP contribution in [-0.4, -0.2) is 51.2 Å². The minimum absolute atomic E-state index is 0.00292. The molecule has 6 nitrogen and oxygen atoms in total. The maximum atomic E-state index is 13.8. The number of benzene rings is 2. The van der Waals surface area contributed by atoms with Gasteiger partial charge in [0.1, 0.15) is 5.75 Å². The first-order valence-electron chi connectivity index (χ1n) is 11.8. The van der Waals surface area contributed by atoms with Crippen molar-refractivity contribution in [1.29, 1.82) is 0 Å². The number of nitrogens with zero attached hydrogens (tertiary/aromatic N) is 2. The number of allylic oxidation sites excluding steroid dienone is 2. The largest absolute Gasteiger partial charge is 0.497 e. The Morgan fingerprint density at radius 1 is 1.15 bits per heavy atom. The van der Waals surface area contributed by atoms with Crippen LogP contribution in [0.4, 0.5) is 5.69 Å². The molecule has 7 heteroatoms. The van der Waals surface area contributed by atoms with Crippen molar-refractivity contribution < 1.29 is 18.3 Å². The molecular weight excluding hydrogens is 436 g/mol. The van der Waals surface area contributed by atoms with E-state index in [-0.39, 0.29) is 29.5 Å². The van der Waals surface area contributed by atoms with E-state index in [0.29, 0.717) is 12.3 Å². The summed E-state index contributed by atoms with van der Waals surface area (Å²) < 4.78 is 34.6. The monoisotopic (exact) mass is 468 g/mol. The highest BCUT2D eigenvalue weighted by molar-refractivity contribution is 7.89. The zero-order valence-corrected chi connectivity index (χ0v) is 20.1. The number of hydrogen-bond acceptors (Lipinski definition) is 5. The Labute approximate surface area is 196 Å². The number of rotatable bonds is 5. The predicted molar refractivity (Wildman–Crippen MR) is 130 cm³/mol. The Hall–Kier alpha value is -2.35. The molecule has 3 atom stereocenters. The third kappa shape index (κ3) is 3.76. The Morgan fingerprint density at radius 3 is 2.73 bits per heavy atom. The summed E-state index contributed by atoms with van der Waals surface area (Å²) >= 11 is 0. The van der Waals surface area contributed by atoms with Crippen LogP contribution in [0.1, 0.15) is 49.3 Å². The van der Waals surface area contributed by atoms with Gasteiger partial charge >= 0.3 is 0 Å². The first-order chi connectivity index (χ1) is 16.0. The van der Waals surface area contributed by atoms with Crippen molar-refractivity contribution in [3.8, 4) is 5.75 Å². The van der Waals surface area contributed by atoms with Gasteiger partial charge in [-0.25, -0.2) is 8.42 Å². The van der Waals surface area contributed by atoms with Crippen LogP contribution in [0.15, 0.2) is 53.4 Å². The highest BCUT2D eigenvalue weighted by Gasteiger charge is 2.50. The normalized spacial score (nSPS) is 25.4. The molecular formula is C26H32N2O4S. The minimum Gasteiger partial charge on any atom is -0.497 e. The van der Waals surface area contributed by atoms with Crippen LogP contribution >= 0.6 is 0 Å². The first kappa shape index (κ1) is 22.4. The van der Waals surface area contributed by atoms with Crippen molar-refractivity contribution >= 4 is 21.3 Å². The van der Waals surface area contributed by atoms with Gasteiger partial charge in [0.25, 0.3) is 0 Å². The molecule has 2 aromatic carbocycles. The Kier molecular flexibility index (Phi) is 5.97. The topological polar surface area (TPSA) is 70.1 Å². The molecule has 0 amide bonds. The molecule has 1 fully saturated rings. The van der Waals surface area contributed by atoms with Crippen molar-refractivity contribution in [2.24, 2.45) is 5.92 Å². The number of anilines is 1. The minimum atomic E-state index is -3.73. The van der Waals surface area contributed by atoms with Crippen molar-refractivity contribution in [3.05, 3.63) is 59.7 Å². The van der Waals surface area contributed by atoms with Gasteiger partial charge in [-0.1, -0.05) is 18.2 Å². The third-order valence-electron chi connectivity index (χ3n) is 7.61. The molecule has 0 bridgehead atoms. The lowest BCUT2D eigenvalue weighted by Gasteiger charge is -2.44. The SMILES string of the molecule is COc1cccc(S(=O)(=O)N2CC[C@@H]3[C@H]2c2cc(C4=CCCCC4)ccc2N(C)[C@H]3CO)c1. The van der Waals surface area contributed by atoms with Gasteiger partial charge in [-0.2, -0.15) is 4.31 Å². The van der Waals surface area contributed by atoms with Gasteiger partial charge < -0.3 is 14.7 Å². The highest BCUT2D eigenvalue weighted by Crippen LogP contribution is 2.51. The summed E-state index contributed by atoms with van der Waals surface area (Å²) in [5, 5.41) is 10.2. The molecule has 1 saturated heterocycles. The molecule has 2 aromatic rings. The molecule has 3 aliphatic rings. The number of ether oxygens (including phenoxy) is 1. The molecule has 0 radical (unpaired) electrons. The fourth-order valence-corrected chi connectivity index (χ4v) is 7.58. The number of methoxy groups -OCH3 is 1. The van der Waals surface area contributed by atoms with Crippen molar-refractivity contribution in [2.75, 3.05) is 32.2 Å².